The van der Waals surface area contributed by atoms with Gasteiger partial charge in [0.15, 0.2) is 5.75 Å². The number of fused-ring (bicyclic) bond motifs is 1. The molecule has 3 heterocycles. The van der Waals surface area contributed by atoms with Crippen LogP contribution in [0.4, 0.5) is 0 Å². The largest absolute Gasteiger partial charge is 0.457 e. The number of rotatable bonds is 4. The lowest BCUT2D eigenvalue weighted by atomic mass is 10.1. The highest BCUT2D eigenvalue weighted by Crippen LogP contribution is 2.27. The molecular formula is C19H19N2O4+. The van der Waals surface area contributed by atoms with Crippen molar-refractivity contribution in [3.8, 4) is 5.75 Å². The number of hydrogen-bond donors (Lipinski definition) is 1. The number of carbonyl (C=O) groups is 1. The number of carbonyl (C=O) groups excluding carboxylic acids is 1. The Morgan fingerprint density at radius 1 is 1.16 bits per heavy atom. The Bertz CT molecular complexity index is 870. The Hall–Kier alpha value is -2.70. The van der Waals surface area contributed by atoms with Gasteiger partial charge in [-0.2, -0.15) is 0 Å². The average Bonchev–Trinajstić information content (AvgIpc) is 3.19. The molecule has 0 unspecified atom stereocenters. The van der Waals surface area contributed by atoms with E-state index in [9.17, 15) is 4.79 Å². The smallest absolute Gasteiger partial charge is 0.379 e. The molecule has 2 aromatic heterocycles. The molecule has 1 N–H and O–H groups in total. The molecule has 6 heteroatoms. The van der Waals surface area contributed by atoms with Gasteiger partial charge >= 0.3 is 5.97 Å². The molecule has 0 bridgehead atoms. The molecule has 3 aromatic rings. The van der Waals surface area contributed by atoms with E-state index in [1.165, 1.54) is 16.7 Å². The van der Waals surface area contributed by atoms with Gasteiger partial charge in [0.25, 0.3) is 0 Å². The molecular weight excluding hydrogens is 320 g/mol. The molecule has 1 aliphatic rings. The molecule has 0 radical (unpaired) electrons. The van der Waals surface area contributed by atoms with Crippen molar-refractivity contribution in [2.24, 2.45) is 0 Å². The maximum Gasteiger partial charge on any atom is 0.379 e. The van der Waals surface area contributed by atoms with Crippen LogP contribution in [0, 0.1) is 0 Å². The van der Waals surface area contributed by atoms with Gasteiger partial charge in [0.05, 0.1) is 19.5 Å². The van der Waals surface area contributed by atoms with Gasteiger partial charge in [-0.05, 0) is 30.3 Å². The monoisotopic (exact) mass is 339 g/mol. The van der Waals surface area contributed by atoms with E-state index < -0.39 is 5.97 Å². The SMILES string of the molecule is O=C(Oc1ccc(C[NH+]2CCOCC2)c2cccnc12)c1ccco1. The van der Waals surface area contributed by atoms with Crippen molar-refractivity contribution in [2.75, 3.05) is 26.3 Å². The van der Waals surface area contributed by atoms with Gasteiger partial charge in [0.2, 0.25) is 5.76 Å². The van der Waals surface area contributed by atoms with Crippen molar-refractivity contribution < 1.29 is 23.6 Å². The maximum atomic E-state index is 12.2. The van der Waals surface area contributed by atoms with Crippen molar-refractivity contribution >= 4 is 16.9 Å². The number of aromatic nitrogens is 1. The van der Waals surface area contributed by atoms with Crippen LogP contribution in [0.25, 0.3) is 10.9 Å². The van der Waals surface area contributed by atoms with Crippen LogP contribution in [0.1, 0.15) is 16.1 Å². The highest BCUT2D eigenvalue weighted by Gasteiger charge is 2.19. The molecule has 4 rings (SSSR count). The summed E-state index contributed by atoms with van der Waals surface area (Å²) in [6.07, 6.45) is 3.15. The number of hydrogen-bond acceptors (Lipinski definition) is 5. The number of morpholine rings is 1. The first-order chi connectivity index (χ1) is 12.3. The Balaban J connectivity index is 1.63. The molecule has 0 aliphatic carbocycles. The molecule has 1 aliphatic heterocycles. The number of quaternary nitrogens is 1. The van der Waals surface area contributed by atoms with Crippen LogP contribution in [0.5, 0.6) is 5.75 Å². The van der Waals surface area contributed by atoms with Crippen molar-refractivity contribution in [1.82, 2.24) is 4.98 Å². The Labute approximate surface area is 145 Å². The fourth-order valence-electron chi connectivity index (χ4n) is 3.09. The minimum atomic E-state index is -0.525. The molecule has 1 aromatic carbocycles. The second-order valence-electron chi connectivity index (χ2n) is 6.03. The van der Waals surface area contributed by atoms with Gasteiger partial charge in [-0.25, -0.2) is 4.79 Å². The summed E-state index contributed by atoms with van der Waals surface area (Å²) >= 11 is 0. The van der Waals surface area contributed by atoms with Crippen LogP contribution < -0.4 is 9.64 Å². The van der Waals surface area contributed by atoms with Crippen molar-refractivity contribution in [2.45, 2.75) is 6.54 Å². The number of ether oxygens (including phenoxy) is 2. The van der Waals surface area contributed by atoms with Crippen LogP contribution in [0.15, 0.2) is 53.3 Å². The van der Waals surface area contributed by atoms with Gasteiger partial charge in [-0.15, -0.1) is 0 Å². The lowest BCUT2D eigenvalue weighted by Gasteiger charge is -2.24. The van der Waals surface area contributed by atoms with Gasteiger partial charge in [-0.1, -0.05) is 6.07 Å². The van der Waals surface area contributed by atoms with Gasteiger partial charge in [0, 0.05) is 17.1 Å². The summed E-state index contributed by atoms with van der Waals surface area (Å²) < 4.78 is 16.0. The number of esters is 1. The van der Waals surface area contributed by atoms with Crippen LogP contribution in [-0.4, -0.2) is 37.3 Å². The van der Waals surface area contributed by atoms with Gasteiger partial charge in [-0.3, -0.25) is 4.98 Å². The molecule has 0 spiro atoms. The van der Waals surface area contributed by atoms with E-state index in [0.717, 1.165) is 38.2 Å². The highest BCUT2D eigenvalue weighted by molar-refractivity contribution is 5.93. The predicted octanol–water partition coefficient (Wildman–Crippen LogP) is 1.46. The Kier molecular flexibility index (Phi) is 4.45. The van der Waals surface area contributed by atoms with Gasteiger partial charge < -0.3 is 18.8 Å². The number of benzene rings is 1. The third kappa shape index (κ3) is 3.40. The van der Waals surface area contributed by atoms with Crippen molar-refractivity contribution in [3.05, 3.63) is 60.2 Å². The average molecular weight is 339 g/mol. The quantitative estimate of drug-likeness (QED) is 0.576. The fourth-order valence-corrected chi connectivity index (χ4v) is 3.09. The number of nitrogens with one attached hydrogen (secondary N) is 1. The molecule has 128 valence electrons. The summed E-state index contributed by atoms with van der Waals surface area (Å²) in [4.78, 5) is 18.1. The summed E-state index contributed by atoms with van der Waals surface area (Å²) in [7, 11) is 0. The van der Waals surface area contributed by atoms with E-state index in [1.807, 2.05) is 24.3 Å². The predicted molar refractivity (Wildman–Crippen MR) is 90.6 cm³/mol. The molecule has 0 atom stereocenters. The zero-order chi connectivity index (χ0) is 17.1. The number of pyridine rings is 1. The van der Waals surface area contributed by atoms with Crippen LogP contribution >= 0.6 is 0 Å². The minimum Gasteiger partial charge on any atom is -0.457 e. The third-order valence-corrected chi connectivity index (χ3v) is 4.39. The topological polar surface area (TPSA) is 66.0 Å². The molecule has 1 saturated heterocycles. The summed E-state index contributed by atoms with van der Waals surface area (Å²) in [5.41, 5.74) is 1.88. The van der Waals surface area contributed by atoms with Crippen LogP contribution in [0.3, 0.4) is 0 Å². The summed E-state index contributed by atoms with van der Waals surface area (Å²) in [6, 6.07) is 11.0. The van der Waals surface area contributed by atoms with E-state index in [2.05, 4.69) is 4.98 Å². The summed E-state index contributed by atoms with van der Waals surface area (Å²) in [6.45, 7) is 4.49. The van der Waals surface area contributed by atoms with E-state index >= 15 is 0 Å². The molecule has 0 saturated carbocycles. The highest BCUT2D eigenvalue weighted by atomic mass is 16.5. The van der Waals surface area contributed by atoms with Gasteiger partial charge in [0.1, 0.15) is 25.2 Å². The number of nitrogens with zero attached hydrogens (tertiary/aromatic N) is 1. The number of furan rings is 1. The standard InChI is InChI=1S/C19H18N2O4/c22-19(17-4-2-10-24-17)25-16-6-5-14(13-21-8-11-23-12-9-21)15-3-1-7-20-18(15)16/h1-7,10H,8-9,11-13H2/p+1. The zero-order valence-electron chi connectivity index (χ0n) is 13.7. The Morgan fingerprint density at radius 2 is 2.04 bits per heavy atom. The Morgan fingerprint density at radius 3 is 2.84 bits per heavy atom. The third-order valence-electron chi connectivity index (χ3n) is 4.39. The van der Waals surface area contributed by atoms with E-state index in [-0.39, 0.29) is 5.76 Å². The summed E-state index contributed by atoms with van der Waals surface area (Å²) in [5, 5.41) is 1.01. The molecule has 1 fully saturated rings. The molecule has 6 nitrogen and oxygen atoms in total. The van der Waals surface area contributed by atoms with Crippen molar-refractivity contribution in [1.29, 1.82) is 0 Å². The maximum absolute atomic E-state index is 12.2. The van der Waals surface area contributed by atoms with E-state index in [4.69, 9.17) is 13.9 Å². The first-order valence-electron chi connectivity index (χ1n) is 8.35. The van der Waals surface area contributed by atoms with E-state index in [0.29, 0.717) is 11.3 Å². The minimum absolute atomic E-state index is 0.172. The van der Waals surface area contributed by atoms with E-state index in [1.54, 1.807) is 18.3 Å². The zero-order valence-corrected chi connectivity index (χ0v) is 13.7. The lowest BCUT2D eigenvalue weighted by Crippen LogP contribution is -3.12. The van der Waals surface area contributed by atoms with Crippen molar-refractivity contribution in [3.63, 3.8) is 0 Å². The summed E-state index contributed by atoms with van der Waals surface area (Å²) in [5.74, 6) is 0.0900. The molecule has 0 amide bonds. The molecule has 25 heavy (non-hydrogen) atoms. The lowest BCUT2D eigenvalue weighted by molar-refractivity contribution is -0.921. The first-order valence-corrected chi connectivity index (χ1v) is 8.35. The van der Waals surface area contributed by atoms with Crippen LogP contribution in [-0.2, 0) is 11.3 Å². The normalized spacial score (nSPS) is 15.4. The second-order valence-corrected chi connectivity index (χ2v) is 6.03. The fraction of sp³-hybridized carbons (Fsp3) is 0.263. The van der Waals surface area contributed by atoms with Crippen LogP contribution in [0.2, 0.25) is 0 Å². The second kappa shape index (κ2) is 7.04. The first kappa shape index (κ1) is 15.8.